The van der Waals surface area contributed by atoms with Gasteiger partial charge in [-0.25, -0.2) is 14.2 Å². The summed E-state index contributed by atoms with van der Waals surface area (Å²) < 4.78 is 24.9. The number of halogens is 1. The first-order valence-corrected chi connectivity index (χ1v) is 12.9. The molecule has 2 aromatic carbocycles. The second kappa shape index (κ2) is 11.1. The number of ketones is 1. The lowest BCUT2D eigenvalue weighted by molar-refractivity contribution is -0.132. The Balaban J connectivity index is 1.86. The Morgan fingerprint density at radius 1 is 1.16 bits per heavy atom. The van der Waals surface area contributed by atoms with E-state index in [0.717, 1.165) is 35.1 Å². The molecule has 8 nitrogen and oxygen atoms in total. The van der Waals surface area contributed by atoms with Crippen molar-refractivity contribution in [2.75, 3.05) is 18.6 Å². The molecule has 0 spiro atoms. The van der Waals surface area contributed by atoms with Crippen LogP contribution in [0.15, 0.2) is 48.0 Å². The first-order valence-electron chi connectivity index (χ1n) is 12.0. The third-order valence-electron chi connectivity index (χ3n) is 6.21. The third-order valence-corrected chi connectivity index (χ3v) is 7.35. The number of aliphatic hydroxyl groups excluding tert-OH is 1. The Bertz CT molecular complexity index is 1430. The molecule has 1 aromatic heterocycles. The number of amides is 1. The van der Waals surface area contributed by atoms with Gasteiger partial charge in [-0.3, -0.25) is 14.5 Å². The summed E-state index contributed by atoms with van der Waals surface area (Å²) in [5, 5.41) is 11.3. The number of esters is 1. The van der Waals surface area contributed by atoms with E-state index in [1.807, 2.05) is 0 Å². The monoisotopic (exact) mass is 538 g/mol. The summed E-state index contributed by atoms with van der Waals surface area (Å²) in [6.45, 7) is 5.77. The van der Waals surface area contributed by atoms with E-state index in [-0.39, 0.29) is 21.1 Å². The summed E-state index contributed by atoms with van der Waals surface area (Å²) in [5.74, 6) is -2.98. The first kappa shape index (κ1) is 27.0. The van der Waals surface area contributed by atoms with Crippen LogP contribution in [0.25, 0.3) is 5.76 Å². The fourth-order valence-corrected chi connectivity index (χ4v) is 5.10. The molecule has 1 unspecified atom stereocenters. The Morgan fingerprint density at radius 3 is 2.50 bits per heavy atom. The fraction of sp³-hybridized carbons (Fsp3) is 0.286. The highest BCUT2D eigenvalue weighted by atomic mass is 32.1. The zero-order valence-corrected chi connectivity index (χ0v) is 22.2. The number of aryl methyl sites for hydroxylation is 2. The molecule has 0 aliphatic carbocycles. The molecule has 1 fully saturated rings. The molecule has 1 amide bonds. The number of hydrogen-bond acceptors (Lipinski definition) is 8. The van der Waals surface area contributed by atoms with Gasteiger partial charge in [0.25, 0.3) is 5.78 Å². The van der Waals surface area contributed by atoms with Gasteiger partial charge in [-0.05, 0) is 49.6 Å². The molecule has 3 aromatic rings. The number of rotatable bonds is 8. The standard InChI is InChI=1S/C28H27FN2O6S/c1-5-6-13-37-19-11-9-17(10-12-19)22-21(23(32)18-8-7-15(2)20(29)14-18)24(33)26(34)31(22)28-30-16(3)25(38-28)27(35)36-4/h7-12,14,22,32H,5-6,13H2,1-4H3. The summed E-state index contributed by atoms with van der Waals surface area (Å²) in [4.78, 5) is 44.6. The number of unbranched alkanes of at least 4 members (excludes halogenated alkanes) is 1. The van der Waals surface area contributed by atoms with Crippen molar-refractivity contribution in [1.82, 2.24) is 4.98 Å². The summed E-state index contributed by atoms with van der Waals surface area (Å²) >= 11 is 0.903. The highest BCUT2D eigenvalue weighted by Crippen LogP contribution is 2.44. The maximum absolute atomic E-state index is 14.3. The minimum absolute atomic E-state index is 0.0567. The molecule has 0 bridgehead atoms. The lowest BCUT2D eigenvalue weighted by atomic mass is 9.95. The second-order valence-electron chi connectivity index (χ2n) is 8.81. The minimum atomic E-state index is -1.08. The van der Waals surface area contributed by atoms with Crippen LogP contribution in [0.1, 0.15) is 57.9 Å². The van der Waals surface area contributed by atoms with Crippen LogP contribution in [0.5, 0.6) is 5.75 Å². The SMILES string of the molecule is CCCCOc1ccc(C2C(=C(O)c3ccc(C)c(F)c3)C(=O)C(=O)N2c2nc(C)c(C(=O)OC)s2)cc1. The van der Waals surface area contributed by atoms with Gasteiger partial charge in [-0.2, -0.15) is 0 Å². The molecule has 1 N–H and O–H groups in total. The number of carbonyl (C=O) groups is 3. The largest absolute Gasteiger partial charge is 0.507 e. The van der Waals surface area contributed by atoms with Crippen molar-refractivity contribution >= 4 is 39.9 Å². The number of Topliss-reactive ketones (excluding diaryl/α,β-unsaturated/α-hetero) is 1. The smallest absolute Gasteiger partial charge is 0.350 e. The number of benzene rings is 2. The molecule has 1 atom stereocenters. The maximum atomic E-state index is 14.3. The van der Waals surface area contributed by atoms with Gasteiger partial charge in [-0.15, -0.1) is 0 Å². The number of nitrogens with zero attached hydrogens (tertiary/aromatic N) is 2. The molecule has 10 heteroatoms. The van der Waals surface area contributed by atoms with Gasteiger partial charge in [0.15, 0.2) is 5.13 Å². The topological polar surface area (TPSA) is 106 Å². The zero-order valence-electron chi connectivity index (χ0n) is 21.4. The number of ether oxygens (including phenoxy) is 2. The van der Waals surface area contributed by atoms with Gasteiger partial charge < -0.3 is 14.6 Å². The number of methoxy groups -OCH3 is 1. The number of aliphatic hydroxyl groups is 1. The zero-order chi connectivity index (χ0) is 27.6. The molecule has 4 rings (SSSR count). The van der Waals surface area contributed by atoms with E-state index in [1.165, 1.54) is 19.2 Å². The lowest BCUT2D eigenvalue weighted by Gasteiger charge is -2.23. The molecule has 0 saturated carbocycles. The molecule has 198 valence electrons. The molecular weight excluding hydrogens is 511 g/mol. The highest BCUT2D eigenvalue weighted by Gasteiger charge is 2.48. The van der Waals surface area contributed by atoms with Crippen molar-refractivity contribution in [3.05, 3.63) is 81.1 Å². The van der Waals surface area contributed by atoms with Crippen molar-refractivity contribution in [3.8, 4) is 5.75 Å². The van der Waals surface area contributed by atoms with E-state index in [0.29, 0.717) is 29.2 Å². The second-order valence-corrected chi connectivity index (χ2v) is 9.78. The summed E-state index contributed by atoms with van der Waals surface area (Å²) in [7, 11) is 1.23. The number of carbonyl (C=O) groups excluding carboxylic acids is 3. The Labute approximate surface area is 223 Å². The number of thiazole rings is 1. The Kier molecular flexibility index (Phi) is 7.91. The van der Waals surface area contributed by atoms with Crippen LogP contribution in [0.2, 0.25) is 0 Å². The summed E-state index contributed by atoms with van der Waals surface area (Å²) in [6, 6.07) is 9.79. The van der Waals surface area contributed by atoms with Gasteiger partial charge in [0.2, 0.25) is 0 Å². The molecule has 2 heterocycles. The van der Waals surface area contributed by atoms with Gasteiger partial charge in [-0.1, -0.05) is 48.9 Å². The summed E-state index contributed by atoms with van der Waals surface area (Å²) in [6.07, 6.45) is 1.87. The average molecular weight is 539 g/mol. The van der Waals surface area contributed by atoms with Crippen molar-refractivity contribution in [3.63, 3.8) is 0 Å². The minimum Gasteiger partial charge on any atom is -0.507 e. The molecule has 1 aliphatic rings. The van der Waals surface area contributed by atoms with Crippen LogP contribution >= 0.6 is 11.3 Å². The molecule has 38 heavy (non-hydrogen) atoms. The van der Waals surface area contributed by atoms with E-state index < -0.39 is 35.3 Å². The van der Waals surface area contributed by atoms with E-state index in [2.05, 4.69) is 11.9 Å². The molecule has 1 saturated heterocycles. The number of aromatic nitrogens is 1. The van der Waals surface area contributed by atoms with Crippen LogP contribution < -0.4 is 9.64 Å². The van der Waals surface area contributed by atoms with E-state index in [4.69, 9.17) is 9.47 Å². The van der Waals surface area contributed by atoms with E-state index in [1.54, 1.807) is 38.1 Å². The quantitative estimate of drug-likeness (QED) is 0.133. The molecule has 0 radical (unpaired) electrons. The van der Waals surface area contributed by atoms with Gasteiger partial charge in [0, 0.05) is 5.56 Å². The Hall–Kier alpha value is -4.05. The van der Waals surface area contributed by atoms with Crippen molar-refractivity contribution in [2.24, 2.45) is 0 Å². The van der Waals surface area contributed by atoms with Crippen molar-refractivity contribution < 1.29 is 33.4 Å². The fourth-order valence-electron chi connectivity index (χ4n) is 4.09. The van der Waals surface area contributed by atoms with Crippen LogP contribution in [-0.2, 0) is 14.3 Å². The van der Waals surface area contributed by atoms with Gasteiger partial charge in [0.05, 0.1) is 31.0 Å². The van der Waals surface area contributed by atoms with Crippen LogP contribution in [0, 0.1) is 19.7 Å². The molecule has 1 aliphatic heterocycles. The van der Waals surface area contributed by atoms with E-state index in [9.17, 15) is 23.9 Å². The van der Waals surface area contributed by atoms with E-state index >= 15 is 0 Å². The normalized spacial score (nSPS) is 16.7. The van der Waals surface area contributed by atoms with Crippen LogP contribution in [0.3, 0.4) is 0 Å². The van der Waals surface area contributed by atoms with Crippen LogP contribution in [0.4, 0.5) is 9.52 Å². The van der Waals surface area contributed by atoms with Gasteiger partial charge in [0.1, 0.15) is 22.2 Å². The summed E-state index contributed by atoms with van der Waals surface area (Å²) in [5.41, 5.74) is 1.03. The highest BCUT2D eigenvalue weighted by molar-refractivity contribution is 7.17. The maximum Gasteiger partial charge on any atom is 0.350 e. The number of hydrogen-bond donors (Lipinski definition) is 1. The number of anilines is 1. The lowest BCUT2D eigenvalue weighted by Crippen LogP contribution is -2.29. The third kappa shape index (κ3) is 5.04. The van der Waals surface area contributed by atoms with Crippen molar-refractivity contribution in [2.45, 2.75) is 39.7 Å². The Morgan fingerprint density at radius 2 is 1.87 bits per heavy atom. The predicted octanol–water partition coefficient (Wildman–Crippen LogP) is 5.49. The first-order chi connectivity index (χ1) is 18.2. The predicted molar refractivity (Wildman–Crippen MR) is 141 cm³/mol. The average Bonchev–Trinajstić information content (AvgIpc) is 3.42. The van der Waals surface area contributed by atoms with Gasteiger partial charge >= 0.3 is 11.9 Å². The van der Waals surface area contributed by atoms with Crippen molar-refractivity contribution in [1.29, 1.82) is 0 Å². The molecular formula is C28H27FN2O6S. The van der Waals surface area contributed by atoms with Crippen LogP contribution in [-0.4, -0.2) is 41.5 Å².